The van der Waals surface area contributed by atoms with Gasteiger partial charge in [-0.25, -0.2) is 4.79 Å². The third-order valence-electron chi connectivity index (χ3n) is 1.83. The highest BCUT2D eigenvalue weighted by molar-refractivity contribution is 5.90. The fourth-order valence-electron chi connectivity index (χ4n) is 1.13. The molecule has 3 heteroatoms. The smallest absolute Gasteiger partial charge is 0.335 e. The highest BCUT2D eigenvalue weighted by atomic mass is 16.4. The first-order valence-corrected chi connectivity index (χ1v) is 3.86. The molecule has 0 aliphatic carbocycles. The first-order valence-electron chi connectivity index (χ1n) is 3.86. The lowest BCUT2D eigenvalue weighted by atomic mass is 9.97. The molecule has 1 radical (unpaired) electrons. The maximum Gasteiger partial charge on any atom is 0.335 e. The van der Waals surface area contributed by atoms with Crippen molar-refractivity contribution in [2.75, 3.05) is 0 Å². The van der Waals surface area contributed by atoms with Crippen LogP contribution in [0.25, 0.3) is 0 Å². The normalized spacial score (nSPS) is 12.1. The third-order valence-corrected chi connectivity index (χ3v) is 1.83. The minimum atomic E-state index is -1.02. The highest BCUT2D eigenvalue weighted by Crippen LogP contribution is 2.17. The predicted molar refractivity (Wildman–Crippen MR) is 47.5 cm³/mol. The van der Waals surface area contributed by atoms with E-state index in [1.807, 2.05) is 0 Å². The number of rotatable bonds is 3. The zero-order valence-electron chi connectivity index (χ0n) is 7.15. The molecular weight excluding hydrogens is 168 g/mol. The van der Waals surface area contributed by atoms with Crippen molar-refractivity contribution in [2.45, 2.75) is 12.8 Å². The van der Waals surface area contributed by atoms with E-state index in [0.717, 1.165) is 0 Å². The van der Waals surface area contributed by atoms with Crippen LogP contribution in [0.2, 0.25) is 0 Å². The van der Waals surface area contributed by atoms with Crippen molar-refractivity contribution < 1.29 is 14.7 Å². The van der Waals surface area contributed by atoms with Crippen LogP contribution in [-0.4, -0.2) is 17.4 Å². The molecule has 0 spiro atoms. The van der Waals surface area contributed by atoms with E-state index in [0.29, 0.717) is 5.56 Å². The molecule has 0 saturated heterocycles. The first kappa shape index (κ1) is 9.45. The monoisotopic (exact) mass is 177 g/mol. The number of aromatic carboxylic acids is 1. The Labute approximate surface area is 76.0 Å². The Bertz CT molecular complexity index is 331. The van der Waals surface area contributed by atoms with Gasteiger partial charge in [0.05, 0.1) is 5.56 Å². The second-order valence-corrected chi connectivity index (χ2v) is 2.73. The number of carbonyl (C=O) groups excluding carboxylic acids is 1. The molecular formula is C10H9O3. The summed E-state index contributed by atoms with van der Waals surface area (Å²) in [4.78, 5) is 21.1. The molecule has 0 heterocycles. The van der Waals surface area contributed by atoms with E-state index in [9.17, 15) is 9.59 Å². The van der Waals surface area contributed by atoms with E-state index in [1.165, 1.54) is 6.07 Å². The zero-order valence-corrected chi connectivity index (χ0v) is 7.15. The van der Waals surface area contributed by atoms with Crippen molar-refractivity contribution in [1.82, 2.24) is 0 Å². The van der Waals surface area contributed by atoms with Crippen LogP contribution in [0.3, 0.4) is 0 Å². The molecule has 0 fully saturated rings. The van der Waals surface area contributed by atoms with Crippen LogP contribution in [-0.2, 0) is 4.79 Å². The number of carboxylic acid groups (broad SMARTS) is 1. The maximum absolute atomic E-state index is 10.7. The van der Waals surface area contributed by atoms with E-state index in [-0.39, 0.29) is 5.56 Å². The largest absolute Gasteiger partial charge is 0.478 e. The van der Waals surface area contributed by atoms with Crippen molar-refractivity contribution in [3.05, 3.63) is 35.4 Å². The van der Waals surface area contributed by atoms with Gasteiger partial charge in [-0.1, -0.05) is 25.1 Å². The summed E-state index contributed by atoms with van der Waals surface area (Å²) in [7, 11) is 0. The lowest BCUT2D eigenvalue weighted by Gasteiger charge is -2.06. The molecule has 1 aromatic rings. The summed E-state index contributed by atoms with van der Waals surface area (Å²) >= 11 is 0. The Balaban J connectivity index is 3.19. The minimum Gasteiger partial charge on any atom is -0.478 e. The summed E-state index contributed by atoms with van der Waals surface area (Å²) in [5.74, 6) is -1.51. The molecule has 0 amide bonds. The Morgan fingerprint density at radius 1 is 1.46 bits per heavy atom. The van der Waals surface area contributed by atoms with E-state index in [2.05, 4.69) is 0 Å². The second-order valence-electron chi connectivity index (χ2n) is 2.73. The van der Waals surface area contributed by atoms with Crippen molar-refractivity contribution in [3.63, 3.8) is 0 Å². The van der Waals surface area contributed by atoms with Crippen LogP contribution >= 0.6 is 0 Å². The van der Waals surface area contributed by atoms with Crippen molar-refractivity contribution in [2.24, 2.45) is 0 Å². The van der Waals surface area contributed by atoms with Crippen molar-refractivity contribution >= 4 is 12.3 Å². The molecule has 1 unspecified atom stereocenters. The van der Waals surface area contributed by atoms with Gasteiger partial charge < -0.3 is 5.11 Å². The van der Waals surface area contributed by atoms with E-state index >= 15 is 0 Å². The molecule has 0 aliphatic heterocycles. The maximum atomic E-state index is 10.7. The average Bonchev–Trinajstić information content (AvgIpc) is 2.16. The van der Waals surface area contributed by atoms with Gasteiger partial charge in [0, 0.05) is 5.92 Å². The van der Waals surface area contributed by atoms with Crippen LogP contribution in [0, 0.1) is 0 Å². The van der Waals surface area contributed by atoms with Gasteiger partial charge in [-0.15, -0.1) is 0 Å². The lowest BCUT2D eigenvalue weighted by Crippen LogP contribution is -2.05. The molecule has 0 aromatic heterocycles. The molecule has 13 heavy (non-hydrogen) atoms. The SMILES string of the molecule is CC([C]=O)c1ccccc1C(=O)O. The Hall–Kier alpha value is -1.64. The molecule has 67 valence electrons. The fraction of sp³-hybridized carbons (Fsp3) is 0.200. The van der Waals surface area contributed by atoms with Gasteiger partial charge in [0.2, 0.25) is 6.29 Å². The number of hydrogen-bond acceptors (Lipinski definition) is 2. The van der Waals surface area contributed by atoms with E-state index in [1.54, 1.807) is 31.4 Å². The first-order chi connectivity index (χ1) is 6.16. The Morgan fingerprint density at radius 2 is 2.08 bits per heavy atom. The standard InChI is InChI=1S/C10H9O3/c1-7(6-11)8-4-2-3-5-9(8)10(12)13/h2-5,7H,1H3,(H,12,13). The van der Waals surface area contributed by atoms with E-state index < -0.39 is 11.9 Å². The Morgan fingerprint density at radius 3 is 2.62 bits per heavy atom. The number of carboxylic acids is 1. The molecule has 0 saturated carbocycles. The topological polar surface area (TPSA) is 54.4 Å². The fourth-order valence-corrected chi connectivity index (χ4v) is 1.13. The van der Waals surface area contributed by atoms with Crippen LogP contribution in [0.15, 0.2) is 24.3 Å². The summed E-state index contributed by atoms with van der Waals surface area (Å²) in [5.41, 5.74) is 0.670. The number of hydrogen-bond donors (Lipinski definition) is 1. The zero-order chi connectivity index (χ0) is 9.84. The summed E-state index contributed by atoms with van der Waals surface area (Å²) in [6.45, 7) is 1.62. The minimum absolute atomic E-state index is 0.165. The van der Waals surface area contributed by atoms with Gasteiger partial charge in [0.15, 0.2) is 0 Å². The van der Waals surface area contributed by atoms with Gasteiger partial charge in [0.1, 0.15) is 0 Å². The van der Waals surface area contributed by atoms with Gasteiger partial charge in [-0.05, 0) is 11.6 Å². The molecule has 1 rings (SSSR count). The van der Waals surface area contributed by atoms with Crippen LogP contribution < -0.4 is 0 Å². The molecule has 1 aromatic carbocycles. The van der Waals surface area contributed by atoms with Gasteiger partial charge in [0.25, 0.3) is 0 Å². The van der Waals surface area contributed by atoms with Crippen molar-refractivity contribution in [3.8, 4) is 0 Å². The van der Waals surface area contributed by atoms with Gasteiger partial charge in [-0.3, -0.25) is 4.79 Å². The summed E-state index contributed by atoms with van der Waals surface area (Å²) < 4.78 is 0. The van der Waals surface area contributed by atoms with Crippen LogP contribution in [0.5, 0.6) is 0 Å². The average molecular weight is 177 g/mol. The predicted octanol–water partition coefficient (Wildman–Crippen LogP) is 1.60. The molecule has 3 nitrogen and oxygen atoms in total. The number of benzene rings is 1. The van der Waals surface area contributed by atoms with Gasteiger partial charge >= 0.3 is 5.97 Å². The molecule has 1 atom stereocenters. The summed E-state index contributed by atoms with van der Waals surface area (Å²) in [6, 6.07) is 6.44. The van der Waals surface area contributed by atoms with E-state index in [4.69, 9.17) is 5.11 Å². The van der Waals surface area contributed by atoms with Crippen LogP contribution in [0.1, 0.15) is 28.8 Å². The quantitative estimate of drug-likeness (QED) is 0.762. The summed E-state index contributed by atoms with van der Waals surface area (Å²) in [5, 5.41) is 8.78. The molecule has 1 N–H and O–H groups in total. The number of carbonyl (C=O) groups is 1. The van der Waals surface area contributed by atoms with Gasteiger partial charge in [-0.2, -0.15) is 0 Å². The third kappa shape index (κ3) is 1.93. The second kappa shape index (κ2) is 3.85. The highest BCUT2D eigenvalue weighted by Gasteiger charge is 2.14. The lowest BCUT2D eigenvalue weighted by molar-refractivity contribution is 0.0695. The molecule has 0 aliphatic rings. The van der Waals surface area contributed by atoms with Crippen molar-refractivity contribution in [1.29, 1.82) is 0 Å². The molecule has 0 bridgehead atoms. The summed E-state index contributed by atoms with van der Waals surface area (Å²) in [6.07, 6.45) is 1.76. The van der Waals surface area contributed by atoms with Crippen LogP contribution in [0.4, 0.5) is 0 Å². The Kier molecular flexibility index (Phi) is 2.80.